The topological polar surface area (TPSA) is 51.6 Å². The summed E-state index contributed by atoms with van der Waals surface area (Å²) >= 11 is 7.25. The second-order valence-electron chi connectivity index (χ2n) is 4.26. The lowest BCUT2D eigenvalue weighted by Gasteiger charge is -2.28. The Labute approximate surface area is 119 Å². The Morgan fingerprint density at radius 2 is 2.37 bits per heavy atom. The van der Waals surface area contributed by atoms with Crippen molar-refractivity contribution in [3.8, 4) is 11.5 Å². The first kappa shape index (κ1) is 12.7. The Hall–Kier alpha value is -1.30. The van der Waals surface area contributed by atoms with Gasteiger partial charge in [-0.15, -0.1) is 11.3 Å². The highest BCUT2D eigenvalue weighted by Gasteiger charge is 2.30. The summed E-state index contributed by atoms with van der Waals surface area (Å²) in [5.74, 6) is 1.33. The highest BCUT2D eigenvalue weighted by molar-refractivity contribution is 7.15. The maximum atomic E-state index is 10.2. The van der Waals surface area contributed by atoms with Crippen LogP contribution in [0.4, 0.5) is 0 Å². The molecule has 0 radical (unpaired) electrons. The van der Waals surface area contributed by atoms with Crippen molar-refractivity contribution in [3.05, 3.63) is 39.3 Å². The van der Waals surface area contributed by atoms with Crippen LogP contribution in [0.15, 0.2) is 24.4 Å². The van der Waals surface area contributed by atoms with Crippen molar-refractivity contribution in [2.75, 3.05) is 7.11 Å². The Morgan fingerprint density at radius 3 is 3.05 bits per heavy atom. The predicted molar refractivity (Wildman–Crippen MR) is 73.1 cm³/mol. The molecule has 3 rings (SSSR count). The quantitative estimate of drug-likeness (QED) is 0.923. The van der Waals surface area contributed by atoms with Gasteiger partial charge in [-0.25, -0.2) is 4.98 Å². The summed E-state index contributed by atoms with van der Waals surface area (Å²) in [6, 6.07) is 5.41. The number of aromatic nitrogens is 1. The van der Waals surface area contributed by atoms with E-state index < -0.39 is 6.10 Å². The molecule has 1 N–H and O–H groups in total. The van der Waals surface area contributed by atoms with Gasteiger partial charge in [0, 0.05) is 18.1 Å². The standard InChI is InChI=1S/C13H12ClNO3S/c1-17-7-2-3-8-9(16)5-11(18-10(8)4-7)13-15-6-12(14)19-13/h2-4,6,9,11,16H,5H2,1H3. The third-order valence-corrected chi connectivity index (χ3v) is 4.26. The molecule has 4 nitrogen and oxygen atoms in total. The van der Waals surface area contributed by atoms with Gasteiger partial charge in [0.25, 0.3) is 0 Å². The highest BCUT2D eigenvalue weighted by atomic mass is 35.5. The van der Waals surface area contributed by atoms with E-state index in [1.165, 1.54) is 11.3 Å². The van der Waals surface area contributed by atoms with E-state index >= 15 is 0 Å². The normalized spacial score (nSPS) is 21.6. The Bertz CT molecular complexity index is 601. The number of hydrogen-bond acceptors (Lipinski definition) is 5. The SMILES string of the molecule is COc1ccc2c(c1)OC(c1ncc(Cl)s1)CC2O. The number of methoxy groups -OCH3 is 1. The predicted octanol–water partition coefficient (Wildman–Crippen LogP) is 3.36. The van der Waals surface area contributed by atoms with Crippen molar-refractivity contribution < 1.29 is 14.6 Å². The monoisotopic (exact) mass is 297 g/mol. The molecular formula is C13H12ClNO3S. The van der Waals surface area contributed by atoms with Crippen LogP contribution in [0.2, 0.25) is 4.34 Å². The number of halogens is 1. The van der Waals surface area contributed by atoms with E-state index in [4.69, 9.17) is 21.1 Å². The van der Waals surface area contributed by atoms with Gasteiger partial charge in [-0.05, 0) is 12.1 Å². The summed E-state index contributed by atoms with van der Waals surface area (Å²) in [7, 11) is 1.60. The zero-order chi connectivity index (χ0) is 13.4. The smallest absolute Gasteiger partial charge is 0.153 e. The van der Waals surface area contributed by atoms with E-state index in [9.17, 15) is 5.11 Å². The summed E-state index contributed by atoms with van der Waals surface area (Å²) in [5.41, 5.74) is 0.778. The van der Waals surface area contributed by atoms with Crippen LogP contribution >= 0.6 is 22.9 Å². The number of fused-ring (bicyclic) bond motifs is 1. The van der Waals surface area contributed by atoms with E-state index in [0.717, 1.165) is 10.6 Å². The van der Waals surface area contributed by atoms with E-state index in [-0.39, 0.29) is 6.10 Å². The minimum atomic E-state index is -0.567. The molecule has 0 fully saturated rings. The first-order valence-corrected chi connectivity index (χ1v) is 7.00. The van der Waals surface area contributed by atoms with Gasteiger partial charge in [0.1, 0.15) is 20.8 Å². The molecule has 19 heavy (non-hydrogen) atoms. The molecule has 1 aromatic heterocycles. The van der Waals surface area contributed by atoms with Crippen LogP contribution in [0.5, 0.6) is 11.5 Å². The molecule has 2 heterocycles. The fourth-order valence-corrected chi connectivity index (χ4v) is 3.09. The number of benzene rings is 1. The zero-order valence-electron chi connectivity index (χ0n) is 10.2. The van der Waals surface area contributed by atoms with Crippen molar-refractivity contribution in [3.63, 3.8) is 0 Å². The number of thiazole rings is 1. The lowest BCUT2D eigenvalue weighted by Crippen LogP contribution is -2.18. The summed E-state index contributed by atoms with van der Waals surface area (Å²) < 4.78 is 11.7. The molecule has 1 aliphatic heterocycles. The molecule has 0 amide bonds. The van der Waals surface area contributed by atoms with E-state index in [1.807, 2.05) is 12.1 Å². The Morgan fingerprint density at radius 1 is 1.53 bits per heavy atom. The lowest BCUT2D eigenvalue weighted by molar-refractivity contribution is 0.0653. The van der Waals surface area contributed by atoms with Crippen LogP contribution in [0.25, 0.3) is 0 Å². The second kappa shape index (κ2) is 5.00. The van der Waals surface area contributed by atoms with Gasteiger partial charge in [-0.1, -0.05) is 11.6 Å². The van der Waals surface area contributed by atoms with Crippen LogP contribution in [-0.2, 0) is 0 Å². The van der Waals surface area contributed by atoms with Gasteiger partial charge in [0.2, 0.25) is 0 Å². The molecule has 2 aromatic rings. The number of rotatable bonds is 2. The van der Waals surface area contributed by atoms with Gasteiger partial charge in [0.15, 0.2) is 6.10 Å². The first-order valence-electron chi connectivity index (χ1n) is 5.81. The van der Waals surface area contributed by atoms with E-state index in [1.54, 1.807) is 19.4 Å². The van der Waals surface area contributed by atoms with Crippen LogP contribution in [0.1, 0.15) is 29.2 Å². The molecule has 2 atom stereocenters. The molecule has 100 valence electrons. The van der Waals surface area contributed by atoms with Gasteiger partial charge in [0.05, 0.1) is 19.4 Å². The summed E-state index contributed by atoms with van der Waals surface area (Å²) in [6.45, 7) is 0. The second-order valence-corrected chi connectivity index (χ2v) is 5.96. The molecule has 1 aliphatic rings. The molecular weight excluding hydrogens is 286 g/mol. The molecule has 0 saturated heterocycles. The van der Waals surface area contributed by atoms with Gasteiger partial charge >= 0.3 is 0 Å². The van der Waals surface area contributed by atoms with Gasteiger partial charge in [-0.2, -0.15) is 0 Å². The summed E-state index contributed by atoms with van der Waals surface area (Å²) in [4.78, 5) is 4.21. The fourth-order valence-electron chi connectivity index (χ4n) is 2.12. The minimum absolute atomic E-state index is 0.271. The average molecular weight is 298 g/mol. The zero-order valence-corrected chi connectivity index (χ0v) is 11.7. The van der Waals surface area contributed by atoms with E-state index in [0.29, 0.717) is 22.3 Å². The van der Waals surface area contributed by atoms with Crippen LogP contribution < -0.4 is 9.47 Å². The van der Waals surface area contributed by atoms with Gasteiger partial charge < -0.3 is 14.6 Å². The van der Waals surface area contributed by atoms with Crippen LogP contribution in [-0.4, -0.2) is 17.2 Å². The number of ether oxygens (including phenoxy) is 2. The molecule has 0 spiro atoms. The Balaban J connectivity index is 1.93. The first-order chi connectivity index (χ1) is 9.17. The minimum Gasteiger partial charge on any atom is -0.497 e. The maximum absolute atomic E-state index is 10.2. The van der Waals surface area contributed by atoms with Gasteiger partial charge in [-0.3, -0.25) is 0 Å². The van der Waals surface area contributed by atoms with Crippen LogP contribution in [0, 0.1) is 0 Å². The van der Waals surface area contributed by atoms with Crippen molar-refractivity contribution in [1.82, 2.24) is 4.98 Å². The Kier molecular flexibility index (Phi) is 3.35. The molecule has 0 bridgehead atoms. The maximum Gasteiger partial charge on any atom is 0.153 e. The molecule has 6 heteroatoms. The van der Waals surface area contributed by atoms with Crippen LogP contribution in [0.3, 0.4) is 0 Å². The molecule has 1 aromatic carbocycles. The number of nitrogens with zero attached hydrogens (tertiary/aromatic N) is 1. The average Bonchev–Trinajstić information content (AvgIpc) is 2.84. The van der Waals surface area contributed by atoms with Crippen molar-refractivity contribution >= 4 is 22.9 Å². The van der Waals surface area contributed by atoms with Crippen molar-refractivity contribution in [2.24, 2.45) is 0 Å². The number of hydrogen-bond donors (Lipinski definition) is 1. The fraction of sp³-hybridized carbons (Fsp3) is 0.308. The third kappa shape index (κ3) is 2.41. The highest BCUT2D eigenvalue weighted by Crippen LogP contribution is 2.43. The lowest BCUT2D eigenvalue weighted by atomic mass is 9.99. The van der Waals surface area contributed by atoms with Crippen molar-refractivity contribution in [1.29, 1.82) is 0 Å². The summed E-state index contributed by atoms with van der Waals surface area (Å²) in [6.07, 6.45) is 1.23. The van der Waals surface area contributed by atoms with Crippen molar-refractivity contribution in [2.45, 2.75) is 18.6 Å². The number of aliphatic hydroxyl groups excluding tert-OH is 1. The molecule has 0 aliphatic carbocycles. The largest absolute Gasteiger partial charge is 0.497 e. The third-order valence-electron chi connectivity index (χ3n) is 3.06. The molecule has 0 saturated carbocycles. The summed E-state index contributed by atoms with van der Waals surface area (Å²) in [5, 5.41) is 11.0. The van der Waals surface area contributed by atoms with E-state index in [2.05, 4.69) is 4.98 Å². The molecule has 2 unspecified atom stereocenters. The number of aliphatic hydroxyl groups is 1.